The summed E-state index contributed by atoms with van der Waals surface area (Å²) < 4.78 is 0. The molecule has 1 aromatic rings. The van der Waals surface area contributed by atoms with E-state index < -0.39 is 0 Å². The quantitative estimate of drug-likeness (QED) is 0.545. The third-order valence-electron chi connectivity index (χ3n) is 5.88. The van der Waals surface area contributed by atoms with Gasteiger partial charge in [-0.05, 0) is 45.2 Å². The minimum Gasteiger partial charge on any atom is -0.356 e. The normalized spacial score (nSPS) is 21.8. The van der Waals surface area contributed by atoms with E-state index in [4.69, 9.17) is 0 Å². The van der Waals surface area contributed by atoms with Gasteiger partial charge < -0.3 is 15.5 Å². The zero-order chi connectivity index (χ0) is 20.8. The fraction of sp³-hybridized carbons (Fsp3) is 0.762. The molecule has 3 heterocycles. The molecule has 1 unspecified atom stereocenters. The van der Waals surface area contributed by atoms with Gasteiger partial charge in [0.15, 0.2) is 5.96 Å². The molecule has 0 bridgehead atoms. The van der Waals surface area contributed by atoms with Gasteiger partial charge in [-0.25, -0.2) is 4.98 Å². The molecule has 2 N–H and O–H groups in total. The highest BCUT2D eigenvalue weighted by atomic mass is 32.1. The van der Waals surface area contributed by atoms with Crippen molar-refractivity contribution in [3.05, 3.63) is 16.1 Å². The van der Waals surface area contributed by atoms with E-state index in [-0.39, 0.29) is 17.9 Å². The third-order valence-corrected chi connectivity index (χ3v) is 6.70. The molecule has 0 aromatic carbocycles. The number of guanidine groups is 1. The number of thiazole rings is 1. The van der Waals surface area contributed by atoms with Crippen molar-refractivity contribution in [2.24, 2.45) is 16.8 Å². The van der Waals surface area contributed by atoms with Gasteiger partial charge in [-0.1, -0.05) is 13.8 Å². The van der Waals surface area contributed by atoms with Crippen molar-refractivity contribution in [2.75, 3.05) is 39.8 Å². The Bertz CT molecular complexity index is 695. The number of hydrogen-bond donors (Lipinski definition) is 2. The molecular weight excluding hydrogens is 384 g/mol. The maximum atomic E-state index is 12.2. The lowest BCUT2D eigenvalue weighted by molar-refractivity contribution is -0.133. The molecule has 3 rings (SSSR count). The minimum atomic E-state index is 0.0663. The molecule has 0 aliphatic carbocycles. The molecule has 1 atom stereocenters. The summed E-state index contributed by atoms with van der Waals surface area (Å²) in [5.41, 5.74) is 1.20. The van der Waals surface area contributed by atoms with E-state index in [0.29, 0.717) is 5.92 Å². The number of amides is 1. The average molecular weight is 421 g/mol. The molecule has 0 radical (unpaired) electrons. The Hall–Kier alpha value is -1.67. The SMILES string of the molecule is CN=C(NCC1CCN(Cc2csc(C)n2)CC1)NC1CCN(C(=O)C(C)C)C1. The number of likely N-dealkylation sites (tertiary alicyclic amines) is 2. The van der Waals surface area contributed by atoms with Crippen molar-refractivity contribution in [2.45, 2.75) is 52.6 Å². The summed E-state index contributed by atoms with van der Waals surface area (Å²) in [4.78, 5) is 25.6. The number of piperidine rings is 1. The zero-order valence-corrected chi connectivity index (χ0v) is 19.1. The van der Waals surface area contributed by atoms with Crippen LogP contribution in [-0.4, -0.2) is 72.5 Å². The van der Waals surface area contributed by atoms with Crippen LogP contribution in [-0.2, 0) is 11.3 Å². The van der Waals surface area contributed by atoms with Gasteiger partial charge in [-0.2, -0.15) is 0 Å². The number of nitrogens with zero attached hydrogens (tertiary/aromatic N) is 4. The average Bonchev–Trinajstić information content (AvgIpc) is 3.34. The van der Waals surface area contributed by atoms with Crippen LogP contribution in [0.5, 0.6) is 0 Å². The van der Waals surface area contributed by atoms with E-state index in [2.05, 4.69) is 37.8 Å². The molecule has 1 aromatic heterocycles. The topological polar surface area (TPSA) is 72.9 Å². The van der Waals surface area contributed by atoms with Crippen LogP contribution >= 0.6 is 11.3 Å². The van der Waals surface area contributed by atoms with Crippen LogP contribution in [0.1, 0.15) is 43.8 Å². The molecule has 2 aliphatic heterocycles. The van der Waals surface area contributed by atoms with E-state index in [1.807, 2.05) is 25.8 Å². The molecule has 162 valence electrons. The Morgan fingerprint density at radius 1 is 1.31 bits per heavy atom. The molecule has 29 heavy (non-hydrogen) atoms. The number of aliphatic imine (C=N–C) groups is 1. The monoisotopic (exact) mass is 420 g/mol. The number of aromatic nitrogens is 1. The maximum Gasteiger partial charge on any atom is 0.225 e. The first-order valence-electron chi connectivity index (χ1n) is 10.8. The second kappa shape index (κ2) is 10.4. The number of nitrogens with one attached hydrogen (secondary N) is 2. The molecular formula is C21H36N6OS. The second-order valence-corrected chi connectivity index (χ2v) is 9.66. The van der Waals surface area contributed by atoms with E-state index in [1.165, 1.54) is 18.5 Å². The second-order valence-electron chi connectivity index (χ2n) is 8.60. The number of hydrogen-bond acceptors (Lipinski definition) is 5. The van der Waals surface area contributed by atoms with Crippen LogP contribution in [0.4, 0.5) is 0 Å². The van der Waals surface area contributed by atoms with Gasteiger partial charge in [-0.15, -0.1) is 11.3 Å². The third kappa shape index (κ3) is 6.40. The summed E-state index contributed by atoms with van der Waals surface area (Å²) in [7, 11) is 1.82. The van der Waals surface area contributed by atoms with Crippen LogP contribution in [0.3, 0.4) is 0 Å². The van der Waals surface area contributed by atoms with Gasteiger partial charge in [0.05, 0.1) is 10.7 Å². The van der Waals surface area contributed by atoms with Crippen LogP contribution < -0.4 is 10.6 Å². The summed E-state index contributed by atoms with van der Waals surface area (Å²) in [6.45, 7) is 11.8. The molecule has 0 spiro atoms. The predicted molar refractivity (Wildman–Crippen MR) is 119 cm³/mol. The van der Waals surface area contributed by atoms with Crippen LogP contribution in [0.15, 0.2) is 10.4 Å². The Morgan fingerprint density at radius 3 is 2.69 bits per heavy atom. The lowest BCUT2D eigenvalue weighted by Gasteiger charge is -2.32. The number of rotatable bonds is 6. The fourth-order valence-electron chi connectivity index (χ4n) is 4.13. The Balaban J connectivity index is 1.35. The largest absolute Gasteiger partial charge is 0.356 e. The summed E-state index contributed by atoms with van der Waals surface area (Å²) in [6.07, 6.45) is 3.38. The van der Waals surface area contributed by atoms with Gasteiger partial charge >= 0.3 is 0 Å². The molecule has 2 aliphatic rings. The first kappa shape index (κ1) is 22.0. The summed E-state index contributed by atoms with van der Waals surface area (Å²) in [6, 6.07) is 0.285. The van der Waals surface area contributed by atoms with E-state index in [9.17, 15) is 4.79 Å². The van der Waals surface area contributed by atoms with Crippen molar-refractivity contribution in [1.82, 2.24) is 25.4 Å². The molecule has 2 fully saturated rings. The van der Waals surface area contributed by atoms with Gasteiger partial charge in [0.1, 0.15) is 0 Å². The van der Waals surface area contributed by atoms with Crippen LogP contribution in [0.2, 0.25) is 0 Å². The fourth-order valence-corrected chi connectivity index (χ4v) is 4.73. The maximum absolute atomic E-state index is 12.2. The van der Waals surface area contributed by atoms with E-state index >= 15 is 0 Å². The number of aryl methyl sites for hydroxylation is 1. The highest BCUT2D eigenvalue weighted by Crippen LogP contribution is 2.19. The standard InChI is InChI=1S/C21H36N6OS/c1-15(2)20(28)27-10-7-18(13-27)25-21(22-4)23-11-17-5-8-26(9-6-17)12-19-14-29-16(3)24-19/h14-15,17-18H,5-13H2,1-4H3,(H2,22,23,25). The van der Waals surface area contributed by atoms with Crippen LogP contribution in [0, 0.1) is 18.8 Å². The van der Waals surface area contributed by atoms with Gasteiger partial charge in [-0.3, -0.25) is 14.7 Å². The highest BCUT2D eigenvalue weighted by molar-refractivity contribution is 7.09. The van der Waals surface area contributed by atoms with Crippen molar-refractivity contribution >= 4 is 23.2 Å². The minimum absolute atomic E-state index is 0.0663. The predicted octanol–water partition coefficient (Wildman–Crippen LogP) is 2.09. The molecule has 2 saturated heterocycles. The van der Waals surface area contributed by atoms with Gasteiger partial charge in [0.25, 0.3) is 0 Å². The smallest absolute Gasteiger partial charge is 0.225 e. The first-order valence-corrected chi connectivity index (χ1v) is 11.7. The van der Waals surface area contributed by atoms with E-state index in [0.717, 1.165) is 56.7 Å². The van der Waals surface area contributed by atoms with Gasteiger partial charge in [0, 0.05) is 50.6 Å². The summed E-state index contributed by atoms with van der Waals surface area (Å²) in [5, 5.41) is 10.3. The summed E-state index contributed by atoms with van der Waals surface area (Å²) in [5.74, 6) is 1.84. The van der Waals surface area contributed by atoms with Crippen molar-refractivity contribution in [3.63, 3.8) is 0 Å². The highest BCUT2D eigenvalue weighted by Gasteiger charge is 2.28. The van der Waals surface area contributed by atoms with Crippen LogP contribution in [0.25, 0.3) is 0 Å². The lowest BCUT2D eigenvalue weighted by Crippen LogP contribution is -2.47. The zero-order valence-electron chi connectivity index (χ0n) is 18.3. The molecule has 1 amide bonds. The Kier molecular flexibility index (Phi) is 7.89. The molecule has 7 nitrogen and oxygen atoms in total. The Morgan fingerprint density at radius 2 is 2.07 bits per heavy atom. The van der Waals surface area contributed by atoms with Gasteiger partial charge in [0.2, 0.25) is 5.91 Å². The first-order chi connectivity index (χ1) is 13.9. The Labute approximate surface area is 179 Å². The van der Waals surface area contributed by atoms with E-state index in [1.54, 1.807) is 11.3 Å². The van der Waals surface area contributed by atoms with Crippen molar-refractivity contribution < 1.29 is 4.79 Å². The molecule has 0 saturated carbocycles. The lowest BCUT2D eigenvalue weighted by atomic mass is 9.97. The van der Waals surface area contributed by atoms with Crippen molar-refractivity contribution in [3.8, 4) is 0 Å². The molecule has 8 heteroatoms. The number of carbonyl (C=O) groups is 1. The number of carbonyl (C=O) groups excluding carboxylic acids is 1. The van der Waals surface area contributed by atoms with Crippen molar-refractivity contribution in [1.29, 1.82) is 0 Å². The summed E-state index contributed by atoms with van der Waals surface area (Å²) >= 11 is 1.73.